The molecule has 3 nitrogen and oxygen atoms in total. The lowest BCUT2D eigenvalue weighted by Gasteiger charge is -2.00. The number of hydrogen-bond donors (Lipinski definition) is 2. The maximum absolute atomic E-state index is 5.69. The van der Waals surface area contributed by atoms with E-state index in [1.807, 2.05) is 6.07 Å². The largest absolute Gasteiger partial charge is 0.497 e. The molecule has 0 atom stereocenters. The van der Waals surface area contributed by atoms with Gasteiger partial charge < -0.3 is 16.2 Å². The zero-order valence-corrected chi connectivity index (χ0v) is 13.3. The van der Waals surface area contributed by atoms with Crippen LogP contribution >= 0.6 is 39.1 Å². The first kappa shape index (κ1) is 16.0. The zero-order chi connectivity index (χ0) is 14.4. The van der Waals surface area contributed by atoms with Crippen molar-refractivity contribution < 1.29 is 4.74 Å². The van der Waals surface area contributed by atoms with Crippen LogP contribution in [0.5, 0.6) is 5.75 Å². The van der Waals surface area contributed by atoms with E-state index in [4.69, 9.17) is 39.4 Å². The predicted molar refractivity (Wildman–Crippen MR) is 86.0 cm³/mol. The average Bonchev–Trinajstić information content (AvgIpc) is 2.38. The fourth-order valence-electron chi connectivity index (χ4n) is 1.14. The number of nitrogens with two attached hydrogens (primary N) is 2. The van der Waals surface area contributed by atoms with Gasteiger partial charge in [0, 0.05) is 10.5 Å². The highest BCUT2D eigenvalue weighted by Crippen LogP contribution is 2.23. The number of nitrogen functional groups attached to an aromatic ring is 2. The number of methoxy groups -OCH3 is 1. The molecule has 2 aromatic carbocycles. The molecule has 2 rings (SSSR count). The smallest absolute Gasteiger partial charge is 0.120 e. The molecule has 0 bridgehead atoms. The molecule has 0 heterocycles. The number of ether oxygens (including phenoxy) is 1. The molecule has 0 aliphatic heterocycles. The lowest BCUT2D eigenvalue weighted by Crippen LogP contribution is -1.87. The van der Waals surface area contributed by atoms with Crippen molar-refractivity contribution >= 4 is 50.5 Å². The van der Waals surface area contributed by atoms with Crippen molar-refractivity contribution in [3.63, 3.8) is 0 Å². The highest BCUT2D eigenvalue weighted by Gasteiger charge is 1.96. The second-order valence-electron chi connectivity index (χ2n) is 3.55. The summed E-state index contributed by atoms with van der Waals surface area (Å²) in [5.41, 5.74) is 12.1. The van der Waals surface area contributed by atoms with Crippen molar-refractivity contribution in [3.8, 4) is 5.75 Å². The van der Waals surface area contributed by atoms with Gasteiger partial charge in [-0.3, -0.25) is 0 Å². The van der Waals surface area contributed by atoms with Crippen LogP contribution in [0.2, 0.25) is 10.0 Å². The third-order valence-electron chi connectivity index (χ3n) is 2.17. The van der Waals surface area contributed by atoms with E-state index < -0.39 is 0 Å². The van der Waals surface area contributed by atoms with Gasteiger partial charge in [-0.05, 0) is 30.3 Å². The molecule has 0 saturated heterocycles. The van der Waals surface area contributed by atoms with E-state index in [1.165, 1.54) is 0 Å². The molecule has 4 N–H and O–H groups in total. The third-order valence-corrected chi connectivity index (χ3v) is 3.32. The molecule has 0 fully saturated rings. The van der Waals surface area contributed by atoms with Crippen LogP contribution in [0.25, 0.3) is 0 Å². The van der Waals surface area contributed by atoms with Gasteiger partial charge >= 0.3 is 0 Å². The van der Waals surface area contributed by atoms with Crippen LogP contribution in [-0.4, -0.2) is 7.11 Å². The van der Waals surface area contributed by atoms with Crippen molar-refractivity contribution in [1.29, 1.82) is 0 Å². The molecule has 2 aromatic rings. The SMILES string of the molecule is COc1ccc(N)c(Cl)c1.Nc1ccc(Br)cc1Cl. The summed E-state index contributed by atoms with van der Waals surface area (Å²) < 4.78 is 5.86. The Morgan fingerprint density at radius 1 is 0.947 bits per heavy atom. The monoisotopic (exact) mass is 362 g/mol. The molecular weight excluding hydrogens is 351 g/mol. The van der Waals surface area contributed by atoms with Gasteiger partial charge in [0.05, 0.1) is 28.5 Å². The van der Waals surface area contributed by atoms with E-state index >= 15 is 0 Å². The second kappa shape index (κ2) is 7.48. The van der Waals surface area contributed by atoms with Crippen LogP contribution < -0.4 is 16.2 Å². The Kier molecular flexibility index (Phi) is 6.28. The number of halogens is 3. The number of benzene rings is 2. The van der Waals surface area contributed by atoms with Gasteiger partial charge in [-0.2, -0.15) is 0 Å². The molecule has 102 valence electrons. The Balaban J connectivity index is 0.000000191. The number of hydrogen-bond acceptors (Lipinski definition) is 3. The Hall–Kier alpha value is -1.10. The minimum absolute atomic E-state index is 0.527. The summed E-state index contributed by atoms with van der Waals surface area (Å²) in [6.07, 6.45) is 0. The van der Waals surface area contributed by atoms with Crippen LogP contribution in [0.3, 0.4) is 0 Å². The third kappa shape index (κ3) is 5.19. The van der Waals surface area contributed by atoms with Crippen LogP contribution in [0.15, 0.2) is 40.9 Å². The maximum Gasteiger partial charge on any atom is 0.120 e. The van der Waals surface area contributed by atoms with Crippen LogP contribution in [0, 0.1) is 0 Å². The summed E-state index contributed by atoms with van der Waals surface area (Å²) >= 11 is 14.6. The first-order valence-electron chi connectivity index (χ1n) is 5.23. The Bertz CT molecular complexity index is 564. The zero-order valence-electron chi connectivity index (χ0n) is 10.2. The Morgan fingerprint density at radius 2 is 1.47 bits per heavy atom. The molecule has 0 aliphatic rings. The number of rotatable bonds is 1. The topological polar surface area (TPSA) is 61.3 Å². The normalized spacial score (nSPS) is 9.47. The Morgan fingerprint density at radius 3 is 1.89 bits per heavy atom. The van der Waals surface area contributed by atoms with E-state index in [9.17, 15) is 0 Å². The van der Waals surface area contributed by atoms with Crippen LogP contribution in [-0.2, 0) is 0 Å². The summed E-state index contributed by atoms with van der Waals surface area (Å²) in [5, 5.41) is 1.11. The van der Waals surface area contributed by atoms with Gasteiger partial charge in [-0.1, -0.05) is 39.1 Å². The molecule has 0 aliphatic carbocycles. The van der Waals surface area contributed by atoms with Crippen molar-refractivity contribution in [2.75, 3.05) is 18.6 Å². The highest BCUT2D eigenvalue weighted by molar-refractivity contribution is 9.10. The van der Waals surface area contributed by atoms with E-state index in [1.54, 1.807) is 37.4 Å². The minimum Gasteiger partial charge on any atom is -0.497 e. The molecule has 0 amide bonds. The molecule has 0 unspecified atom stereocenters. The van der Waals surface area contributed by atoms with Crippen molar-refractivity contribution in [1.82, 2.24) is 0 Å². The summed E-state index contributed by atoms with van der Waals surface area (Å²) in [6.45, 7) is 0. The van der Waals surface area contributed by atoms with Crippen LogP contribution in [0.4, 0.5) is 11.4 Å². The minimum atomic E-state index is 0.527. The van der Waals surface area contributed by atoms with Gasteiger partial charge in [0.15, 0.2) is 0 Å². The molecule has 0 spiro atoms. The molecule has 0 radical (unpaired) electrons. The van der Waals surface area contributed by atoms with Gasteiger partial charge in [-0.15, -0.1) is 0 Å². The van der Waals surface area contributed by atoms with E-state index in [-0.39, 0.29) is 0 Å². The summed E-state index contributed by atoms with van der Waals surface area (Å²) in [5.74, 6) is 0.721. The van der Waals surface area contributed by atoms with Crippen molar-refractivity contribution in [2.24, 2.45) is 0 Å². The average molecular weight is 364 g/mol. The summed E-state index contributed by atoms with van der Waals surface area (Å²) in [4.78, 5) is 0. The van der Waals surface area contributed by atoms with Crippen molar-refractivity contribution in [3.05, 3.63) is 50.9 Å². The van der Waals surface area contributed by atoms with Gasteiger partial charge in [-0.25, -0.2) is 0 Å². The quantitative estimate of drug-likeness (QED) is 0.727. The van der Waals surface area contributed by atoms with Crippen molar-refractivity contribution in [2.45, 2.75) is 0 Å². The molecule has 6 heteroatoms. The maximum atomic E-state index is 5.69. The predicted octanol–water partition coefficient (Wildman–Crippen LogP) is 4.62. The molecule has 0 saturated carbocycles. The first-order chi connectivity index (χ1) is 8.93. The standard InChI is InChI=1S/C7H8ClNO.C6H5BrClN/c1-10-5-2-3-7(9)6(8)4-5;7-4-1-2-6(9)5(8)3-4/h2-4H,9H2,1H3;1-3H,9H2. The van der Waals surface area contributed by atoms with Crippen LogP contribution in [0.1, 0.15) is 0 Å². The summed E-state index contributed by atoms with van der Waals surface area (Å²) in [7, 11) is 1.59. The van der Waals surface area contributed by atoms with E-state index in [0.717, 1.165) is 10.2 Å². The second-order valence-corrected chi connectivity index (χ2v) is 5.28. The lowest BCUT2D eigenvalue weighted by molar-refractivity contribution is 0.415. The fourth-order valence-corrected chi connectivity index (χ4v) is 1.98. The first-order valence-corrected chi connectivity index (χ1v) is 6.78. The van der Waals surface area contributed by atoms with E-state index in [0.29, 0.717) is 21.4 Å². The highest BCUT2D eigenvalue weighted by atomic mass is 79.9. The lowest BCUT2D eigenvalue weighted by atomic mass is 10.3. The Labute approximate surface area is 130 Å². The fraction of sp³-hybridized carbons (Fsp3) is 0.0769. The number of anilines is 2. The summed E-state index contributed by atoms with van der Waals surface area (Å²) in [6, 6.07) is 10.5. The van der Waals surface area contributed by atoms with Gasteiger partial charge in [0.25, 0.3) is 0 Å². The molecular formula is C13H13BrCl2N2O. The molecule has 19 heavy (non-hydrogen) atoms. The van der Waals surface area contributed by atoms with Gasteiger partial charge in [0.1, 0.15) is 5.75 Å². The molecule has 0 aromatic heterocycles. The van der Waals surface area contributed by atoms with Gasteiger partial charge in [0.2, 0.25) is 0 Å². The van der Waals surface area contributed by atoms with E-state index in [2.05, 4.69) is 15.9 Å².